The van der Waals surface area contributed by atoms with Crippen molar-refractivity contribution in [3.05, 3.63) is 29.8 Å². The number of benzene rings is 1. The van der Waals surface area contributed by atoms with Gasteiger partial charge in [-0.05, 0) is 31.5 Å². The summed E-state index contributed by atoms with van der Waals surface area (Å²) in [7, 11) is 1.57. The zero-order valence-electron chi connectivity index (χ0n) is 12.2. The van der Waals surface area contributed by atoms with Gasteiger partial charge in [0.25, 0.3) is 0 Å². The second kappa shape index (κ2) is 6.80. The van der Waals surface area contributed by atoms with E-state index in [9.17, 15) is 18.0 Å². The normalized spacial score (nSPS) is 12.1. The molecule has 0 saturated carbocycles. The highest BCUT2D eigenvalue weighted by Crippen LogP contribution is 2.22. The Morgan fingerprint density at radius 1 is 1.19 bits per heavy atom. The summed E-state index contributed by atoms with van der Waals surface area (Å²) in [5, 5.41) is 5.68. The minimum atomic E-state index is -4.68. The van der Waals surface area contributed by atoms with Crippen LogP contribution < -0.4 is 15.4 Å². The van der Waals surface area contributed by atoms with E-state index >= 15 is 0 Å². The topological polar surface area (TPSA) is 50.4 Å². The van der Waals surface area contributed by atoms with Crippen LogP contribution in [0.4, 0.5) is 13.2 Å². The largest absolute Gasteiger partial charge is 0.573 e. The summed E-state index contributed by atoms with van der Waals surface area (Å²) in [5.74, 6) is -0.333. The summed E-state index contributed by atoms with van der Waals surface area (Å²) in [6, 6.07) is 5.60. The van der Waals surface area contributed by atoms with Crippen LogP contribution in [0.1, 0.15) is 19.4 Å². The molecule has 7 heteroatoms. The van der Waals surface area contributed by atoms with Crippen molar-refractivity contribution in [3.63, 3.8) is 0 Å². The lowest BCUT2D eigenvalue weighted by Gasteiger charge is -2.23. The van der Waals surface area contributed by atoms with E-state index in [0.29, 0.717) is 13.1 Å². The first-order valence-corrected chi connectivity index (χ1v) is 6.41. The highest BCUT2D eigenvalue weighted by molar-refractivity contribution is 5.81. The van der Waals surface area contributed by atoms with E-state index in [1.165, 1.54) is 12.1 Å². The van der Waals surface area contributed by atoms with Gasteiger partial charge in [-0.25, -0.2) is 0 Å². The third kappa shape index (κ3) is 6.03. The van der Waals surface area contributed by atoms with Gasteiger partial charge in [0.15, 0.2) is 0 Å². The van der Waals surface area contributed by atoms with Crippen LogP contribution in [0.3, 0.4) is 0 Å². The molecule has 0 fully saturated rings. The number of hydrogen-bond donors (Lipinski definition) is 2. The molecule has 0 spiro atoms. The van der Waals surface area contributed by atoms with E-state index in [1.807, 2.05) is 0 Å². The van der Waals surface area contributed by atoms with Crippen molar-refractivity contribution >= 4 is 5.91 Å². The SMILES string of the molecule is CNC(=O)C(C)(C)CNCc1ccc(OC(F)(F)F)cc1. The quantitative estimate of drug-likeness (QED) is 0.849. The number of amides is 1. The smallest absolute Gasteiger partial charge is 0.406 e. The van der Waals surface area contributed by atoms with Gasteiger partial charge < -0.3 is 15.4 Å². The number of alkyl halides is 3. The average Bonchev–Trinajstić information content (AvgIpc) is 2.38. The summed E-state index contributed by atoms with van der Waals surface area (Å²) >= 11 is 0. The molecule has 0 radical (unpaired) electrons. The highest BCUT2D eigenvalue weighted by Gasteiger charge is 2.31. The Morgan fingerprint density at radius 2 is 1.76 bits per heavy atom. The first-order chi connectivity index (χ1) is 9.64. The van der Waals surface area contributed by atoms with Gasteiger partial charge in [0.05, 0.1) is 5.41 Å². The molecule has 118 valence electrons. The maximum atomic E-state index is 12.0. The third-order valence-electron chi connectivity index (χ3n) is 2.89. The molecule has 0 bridgehead atoms. The van der Waals surface area contributed by atoms with E-state index < -0.39 is 11.8 Å². The van der Waals surface area contributed by atoms with Crippen LogP contribution in [0.25, 0.3) is 0 Å². The van der Waals surface area contributed by atoms with Gasteiger partial charge in [0.1, 0.15) is 5.75 Å². The lowest BCUT2D eigenvalue weighted by Crippen LogP contribution is -2.41. The van der Waals surface area contributed by atoms with Crippen LogP contribution in [0, 0.1) is 5.41 Å². The van der Waals surface area contributed by atoms with Crippen molar-refractivity contribution in [2.75, 3.05) is 13.6 Å². The summed E-state index contributed by atoms with van der Waals surface area (Å²) in [6.07, 6.45) is -4.68. The van der Waals surface area contributed by atoms with Crippen LogP contribution >= 0.6 is 0 Å². The van der Waals surface area contributed by atoms with Crippen molar-refractivity contribution in [1.29, 1.82) is 0 Å². The first-order valence-electron chi connectivity index (χ1n) is 6.41. The van der Waals surface area contributed by atoms with Crippen LogP contribution in [-0.4, -0.2) is 25.9 Å². The number of carbonyl (C=O) groups excluding carboxylic acids is 1. The van der Waals surface area contributed by atoms with Crippen molar-refractivity contribution in [2.45, 2.75) is 26.8 Å². The zero-order chi connectivity index (χ0) is 16.1. The highest BCUT2D eigenvalue weighted by atomic mass is 19.4. The molecule has 1 aromatic rings. The Kier molecular flexibility index (Phi) is 5.60. The summed E-state index contributed by atoms with van der Waals surface area (Å²) in [5.41, 5.74) is 0.242. The van der Waals surface area contributed by atoms with Gasteiger partial charge in [-0.1, -0.05) is 12.1 Å². The summed E-state index contributed by atoms with van der Waals surface area (Å²) in [4.78, 5) is 11.6. The average molecular weight is 304 g/mol. The molecule has 0 atom stereocenters. The Labute approximate surface area is 121 Å². The van der Waals surface area contributed by atoms with E-state index in [-0.39, 0.29) is 11.7 Å². The first kappa shape index (κ1) is 17.3. The van der Waals surface area contributed by atoms with Crippen molar-refractivity contribution in [2.24, 2.45) is 5.41 Å². The molecule has 0 aliphatic rings. The molecule has 0 aromatic heterocycles. The van der Waals surface area contributed by atoms with E-state index in [1.54, 1.807) is 33.0 Å². The predicted octanol–water partition coefficient (Wildman–Crippen LogP) is 2.45. The number of carbonyl (C=O) groups is 1. The molecule has 4 nitrogen and oxygen atoms in total. The third-order valence-corrected chi connectivity index (χ3v) is 2.89. The maximum Gasteiger partial charge on any atom is 0.573 e. The van der Waals surface area contributed by atoms with E-state index in [0.717, 1.165) is 5.56 Å². The zero-order valence-corrected chi connectivity index (χ0v) is 12.2. The molecule has 0 heterocycles. The second-order valence-corrected chi connectivity index (χ2v) is 5.26. The molecular formula is C14H19F3N2O2. The van der Waals surface area contributed by atoms with Crippen LogP contribution in [-0.2, 0) is 11.3 Å². The lowest BCUT2D eigenvalue weighted by molar-refractivity contribution is -0.274. The fourth-order valence-electron chi connectivity index (χ4n) is 1.75. The minimum Gasteiger partial charge on any atom is -0.406 e. The molecule has 0 saturated heterocycles. The molecular weight excluding hydrogens is 285 g/mol. The Hall–Kier alpha value is -1.76. The molecule has 2 N–H and O–H groups in total. The fraction of sp³-hybridized carbons (Fsp3) is 0.500. The second-order valence-electron chi connectivity index (χ2n) is 5.26. The van der Waals surface area contributed by atoms with Gasteiger partial charge in [-0.3, -0.25) is 4.79 Å². The number of hydrogen-bond acceptors (Lipinski definition) is 3. The molecule has 0 aliphatic heterocycles. The van der Waals surface area contributed by atoms with E-state index in [4.69, 9.17) is 0 Å². The molecule has 21 heavy (non-hydrogen) atoms. The van der Waals surface area contributed by atoms with Gasteiger partial charge in [-0.15, -0.1) is 13.2 Å². The molecule has 0 aliphatic carbocycles. The molecule has 0 unspecified atom stereocenters. The fourth-order valence-corrected chi connectivity index (χ4v) is 1.75. The Bertz CT molecular complexity index is 470. The summed E-state index contributed by atoms with van der Waals surface area (Å²) in [6.45, 7) is 4.51. The number of rotatable bonds is 6. The molecule has 1 aromatic carbocycles. The van der Waals surface area contributed by atoms with Gasteiger partial charge >= 0.3 is 6.36 Å². The maximum absolute atomic E-state index is 12.0. The van der Waals surface area contributed by atoms with Gasteiger partial charge in [0, 0.05) is 20.1 Å². The minimum absolute atomic E-state index is 0.0797. The van der Waals surface area contributed by atoms with Crippen LogP contribution in [0.5, 0.6) is 5.75 Å². The summed E-state index contributed by atoms with van der Waals surface area (Å²) < 4.78 is 39.8. The molecule has 1 rings (SSSR count). The molecule has 1 amide bonds. The van der Waals surface area contributed by atoms with E-state index in [2.05, 4.69) is 15.4 Å². The number of nitrogens with one attached hydrogen (secondary N) is 2. The van der Waals surface area contributed by atoms with Crippen molar-refractivity contribution in [3.8, 4) is 5.75 Å². The van der Waals surface area contributed by atoms with Crippen molar-refractivity contribution < 1.29 is 22.7 Å². The van der Waals surface area contributed by atoms with Crippen LogP contribution in [0.2, 0.25) is 0 Å². The lowest BCUT2D eigenvalue weighted by atomic mass is 9.92. The van der Waals surface area contributed by atoms with Crippen LogP contribution in [0.15, 0.2) is 24.3 Å². The predicted molar refractivity (Wildman–Crippen MR) is 72.7 cm³/mol. The Balaban J connectivity index is 2.48. The number of ether oxygens (including phenoxy) is 1. The monoisotopic (exact) mass is 304 g/mol. The van der Waals surface area contributed by atoms with Gasteiger partial charge in [0.2, 0.25) is 5.91 Å². The standard InChI is InChI=1S/C14H19F3N2O2/c1-13(2,12(20)18-3)9-19-8-10-4-6-11(7-5-10)21-14(15,16)17/h4-7,19H,8-9H2,1-3H3,(H,18,20). The Morgan fingerprint density at radius 3 is 2.24 bits per heavy atom. The van der Waals surface area contributed by atoms with Gasteiger partial charge in [-0.2, -0.15) is 0 Å². The number of halogens is 3. The van der Waals surface area contributed by atoms with Crippen molar-refractivity contribution in [1.82, 2.24) is 10.6 Å².